The monoisotopic (exact) mass is 370 g/mol. The van der Waals surface area contributed by atoms with Crippen molar-refractivity contribution in [3.05, 3.63) is 65.1 Å². The van der Waals surface area contributed by atoms with Crippen LogP contribution in [0.4, 0.5) is 0 Å². The van der Waals surface area contributed by atoms with Crippen molar-refractivity contribution in [2.75, 3.05) is 20.1 Å². The summed E-state index contributed by atoms with van der Waals surface area (Å²) in [4.78, 5) is 4.26. The van der Waals surface area contributed by atoms with E-state index in [1.54, 1.807) is 7.05 Å². The molecule has 3 rings (SSSR count). The molecule has 26 heavy (non-hydrogen) atoms. The van der Waals surface area contributed by atoms with E-state index in [0.29, 0.717) is 0 Å². The molecule has 2 aromatic heterocycles. The molecule has 0 saturated carbocycles. The number of rotatable bonds is 7. The maximum Gasteiger partial charge on any atom is 0.190 e. The summed E-state index contributed by atoms with van der Waals surface area (Å²) in [6.45, 7) is 1.62. The maximum absolute atomic E-state index is 6.01. The third-order valence-corrected chi connectivity index (χ3v) is 4.31. The van der Waals surface area contributed by atoms with E-state index in [4.69, 9.17) is 11.6 Å². The highest BCUT2D eigenvalue weighted by Gasteiger charge is 2.04. The Labute approximate surface area is 158 Å². The molecular formula is C19H23ClN6. The summed E-state index contributed by atoms with van der Waals surface area (Å²) in [5.74, 6) is 1.78. The second-order valence-electron chi connectivity index (χ2n) is 5.95. The number of fused-ring (bicyclic) bond motifs is 1. The minimum absolute atomic E-state index is 0.769. The topological polar surface area (TPSA) is 66.6 Å². The average molecular weight is 371 g/mol. The number of halogens is 1. The Morgan fingerprint density at radius 3 is 2.81 bits per heavy atom. The lowest BCUT2D eigenvalue weighted by Crippen LogP contribution is -2.38. The van der Waals surface area contributed by atoms with Gasteiger partial charge in [-0.05, 0) is 42.7 Å². The Hall–Kier alpha value is -2.60. The zero-order valence-corrected chi connectivity index (χ0v) is 15.6. The SMILES string of the molecule is CN=C(NCCCc1nnc2ccccn12)NCCc1cccc(Cl)c1. The molecule has 0 unspecified atom stereocenters. The van der Waals surface area contributed by atoms with Crippen LogP contribution in [0.15, 0.2) is 53.7 Å². The zero-order chi connectivity index (χ0) is 18.2. The molecule has 1 aromatic carbocycles. The van der Waals surface area contributed by atoms with Crippen molar-refractivity contribution in [2.24, 2.45) is 4.99 Å². The van der Waals surface area contributed by atoms with Crippen molar-refractivity contribution in [1.29, 1.82) is 0 Å². The van der Waals surface area contributed by atoms with E-state index in [2.05, 4.69) is 31.9 Å². The molecular weight excluding hydrogens is 348 g/mol. The van der Waals surface area contributed by atoms with Gasteiger partial charge in [-0.1, -0.05) is 29.8 Å². The van der Waals surface area contributed by atoms with E-state index in [-0.39, 0.29) is 0 Å². The van der Waals surface area contributed by atoms with E-state index in [1.165, 1.54) is 5.56 Å². The summed E-state index contributed by atoms with van der Waals surface area (Å²) >= 11 is 6.01. The Kier molecular flexibility index (Phi) is 6.44. The first-order valence-electron chi connectivity index (χ1n) is 8.74. The molecule has 0 bridgehead atoms. The lowest BCUT2D eigenvalue weighted by atomic mass is 10.1. The van der Waals surface area contributed by atoms with Gasteiger partial charge >= 0.3 is 0 Å². The van der Waals surface area contributed by atoms with Crippen molar-refractivity contribution in [3.63, 3.8) is 0 Å². The van der Waals surface area contributed by atoms with E-state index in [9.17, 15) is 0 Å². The van der Waals surface area contributed by atoms with Gasteiger partial charge in [-0.25, -0.2) is 0 Å². The molecule has 0 aliphatic rings. The Morgan fingerprint density at radius 2 is 1.96 bits per heavy atom. The number of aryl methyl sites for hydroxylation is 1. The van der Waals surface area contributed by atoms with Crippen LogP contribution in [0.3, 0.4) is 0 Å². The van der Waals surface area contributed by atoms with Crippen LogP contribution in [0, 0.1) is 0 Å². The zero-order valence-electron chi connectivity index (χ0n) is 14.8. The predicted octanol–water partition coefficient (Wildman–Crippen LogP) is 2.72. The van der Waals surface area contributed by atoms with Gasteiger partial charge in [-0.15, -0.1) is 10.2 Å². The Balaban J connectivity index is 1.39. The summed E-state index contributed by atoms with van der Waals surface area (Å²) in [5.41, 5.74) is 2.09. The van der Waals surface area contributed by atoms with Gasteiger partial charge < -0.3 is 10.6 Å². The van der Waals surface area contributed by atoms with E-state index in [1.807, 2.05) is 47.0 Å². The van der Waals surface area contributed by atoms with Gasteiger partial charge in [-0.2, -0.15) is 0 Å². The number of guanidine groups is 1. The highest BCUT2D eigenvalue weighted by atomic mass is 35.5. The number of aliphatic imine (C=N–C) groups is 1. The number of nitrogens with one attached hydrogen (secondary N) is 2. The van der Waals surface area contributed by atoms with Crippen LogP contribution >= 0.6 is 11.6 Å². The number of pyridine rings is 1. The molecule has 0 radical (unpaired) electrons. The highest BCUT2D eigenvalue weighted by molar-refractivity contribution is 6.30. The van der Waals surface area contributed by atoms with Crippen molar-refractivity contribution in [2.45, 2.75) is 19.3 Å². The van der Waals surface area contributed by atoms with Crippen LogP contribution in [-0.4, -0.2) is 40.7 Å². The van der Waals surface area contributed by atoms with Gasteiger partial charge in [0.2, 0.25) is 0 Å². The second kappa shape index (κ2) is 9.20. The number of hydrogen-bond donors (Lipinski definition) is 2. The lowest BCUT2D eigenvalue weighted by molar-refractivity contribution is 0.713. The van der Waals surface area contributed by atoms with Crippen LogP contribution in [0.1, 0.15) is 17.8 Å². The number of aromatic nitrogens is 3. The molecule has 0 aliphatic carbocycles. The molecule has 2 heterocycles. The molecule has 0 saturated heterocycles. The fourth-order valence-electron chi connectivity index (χ4n) is 2.75. The first kappa shape index (κ1) is 18.2. The third kappa shape index (κ3) is 4.95. The van der Waals surface area contributed by atoms with Crippen LogP contribution in [0.2, 0.25) is 5.02 Å². The standard InChI is InChI=1S/C19H23ClN6/c1-21-19(23-12-10-15-6-4-7-16(20)14-15)22-11-5-9-18-25-24-17-8-2-3-13-26(17)18/h2-4,6-8,13-14H,5,9-12H2,1H3,(H2,21,22,23). The molecule has 2 N–H and O–H groups in total. The molecule has 0 amide bonds. The van der Waals surface area contributed by atoms with E-state index >= 15 is 0 Å². The van der Waals surface area contributed by atoms with Crippen LogP contribution in [0.5, 0.6) is 0 Å². The normalized spacial score (nSPS) is 11.7. The second-order valence-corrected chi connectivity index (χ2v) is 6.39. The fraction of sp³-hybridized carbons (Fsp3) is 0.316. The molecule has 3 aromatic rings. The molecule has 136 valence electrons. The van der Waals surface area contributed by atoms with Crippen LogP contribution < -0.4 is 10.6 Å². The van der Waals surface area contributed by atoms with Crippen molar-refractivity contribution in [3.8, 4) is 0 Å². The maximum atomic E-state index is 6.01. The van der Waals surface area contributed by atoms with Gasteiger partial charge in [0, 0.05) is 37.8 Å². The molecule has 0 spiro atoms. The number of benzene rings is 1. The molecule has 7 heteroatoms. The van der Waals surface area contributed by atoms with Gasteiger partial charge in [0.15, 0.2) is 11.6 Å². The Morgan fingerprint density at radius 1 is 1.08 bits per heavy atom. The fourth-order valence-corrected chi connectivity index (χ4v) is 2.97. The van der Waals surface area contributed by atoms with Crippen LogP contribution in [0.25, 0.3) is 5.65 Å². The minimum atomic E-state index is 0.769. The first-order chi connectivity index (χ1) is 12.8. The van der Waals surface area contributed by atoms with Crippen molar-refractivity contribution in [1.82, 2.24) is 25.2 Å². The Bertz CT molecular complexity index is 873. The minimum Gasteiger partial charge on any atom is -0.356 e. The summed E-state index contributed by atoms with van der Waals surface area (Å²) in [5, 5.41) is 15.8. The van der Waals surface area contributed by atoms with Crippen molar-refractivity contribution >= 4 is 23.2 Å². The highest BCUT2D eigenvalue weighted by Crippen LogP contribution is 2.10. The predicted molar refractivity (Wildman–Crippen MR) is 106 cm³/mol. The molecule has 6 nitrogen and oxygen atoms in total. The largest absolute Gasteiger partial charge is 0.356 e. The number of nitrogens with zero attached hydrogens (tertiary/aromatic N) is 4. The summed E-state index contributed by atoms with van der Waals surface area (Å²) in [6, 6.07) is 13.8. The average Bonchev–Trinajstić information content (AvgIpc) is 3.07. The molecule has 0 aliphatic heterocycles. The van der Waals surface area contributed by atoms with E-state index < -0.39 is 0 Å². The lowest BCUT2D eigenvalue weighted by Gasteiger charge is -2.11. The van der Waals surface area contributed by atoms with Gasteiger partial charge in [0.25, 0.3) is 0 Å². The molecule has 0 fully saturated rings. The van der Waals surface area contributed by atoms with E-state index in [0.717, 1.165) is 54.8 Å². The number of hydrogen-bond acceptors (Lipinski definition) is 3. The van der Waals surface area contributed by atoms with Crippen LogP contribution in [-0.2, 0) is 12.8 Å². The van der Waals surface area contributed by atoms with Crippen molar-refractivity contribution < 1.29 is 0 Å². The quantitative estimate of drug-likeness (QED) is 0.381. The van der Waals surface area contributed by atoms with Gasteiger partial charge in [0.1, 0.15) is 5.82 Å². The summed E-state index contributed by atoms with van der Waals surface area (Å²) < 4.78 is 2.03. The van der Waals surface area contributed by atoms with Gasteiger partial charge in [-0.3, -0.25) is 9.39 Å². The third-order valence-electron chi connectivity index (χ3n) is 4.07. The summed E-state index contributed by atoms with van der Waals surface area (Å²) in [7, 11) is 1.78. The summed E-state index contributed by atoms with van der Waals surface area (Å²) in [6.07, 6.45) is 4.70. The van der Waals surface area contributed by atoms with Gasteiger partial charge in [0.05, 0.1) is 0 Å². The smallest absolute Gasteiger partial charge is 0.190 e. The first-order valence-corrected chi connectivity index (χ1v) is 9.11. The molecule has 0 atom stereocenters.